The van der Waals surface area contributed by atoms with E-state index in [1.165, 1.54) is 5.56 Å². The molecule has 3 atom stereocenters. The van der Waals surface area contributed by atoms with E-state index in [2.05, 4.69) is 36.1 Å². The van der Waals surface area contributed by atoms with Crippen LogP contribution in [0.5, 0.6) is 5.75 Å². The summed E-state index contributed by atoms with van der Waals surface area (Å²) in [6.45, 7) is 4.79. The fourth-order valence-electron chi connectivity index (χ4n) is 4.99. The second-order valence-electron chi connectivity index (χ2n) is 8.19. The van der Waals surface area contributed by atoms with Crippen LogP contribution in [0.15, 0.2) is 30.3 Å². The molecule has 0 bridgehead atoms. The van der Waals surface area contributed by atoms with Gasteiger partial charge in [-0.3, -0.25) is 14.4 Å². The van der Waals surface area contributed by atoms with Gasteiger partial charge in [-0.05, 0) is 43.1 Å². The van der Waals surface area contributed by atoms with Crippen molar-refractivity contribution in [3.8, 4) is 5.75 Å². The molecular formula is C22H31ClN4O2. The van der Waals surface area contributed by atoms with Gasteiger partial charge in [-0.15, -0.1) is 12.4 Å². The van der Waals surface area contributed by atoms with Gasteiger partial charge in [-0.25, -0.2) is 0 Å². The van der Waals surface area contributed by atoms with Gasteiger partial charge >= 0.3 is 0 Å². The van der Waals surface area contributed by atoms with E-state index < -0.39 is 0 Å². The van der Waals surface area contributed by atoms with Crippen molar-refractivity contribution in [3.63, 3.8) is 0 Å². The number of carbonyl (C=O) groups is 1. The lowest BCUT2D eigenvalue weighted by Crippen LogP contribution is -2.34. The average molecular weight is 419 g/mol. The number of nitrogens with zero attached hydrogens (tertiary/aromatic N) is 4. The summed E-state index contributed by atoms with van der Waals surface area (Å²) in [7, 11) is 5.76. The van der Waals surface area contributed by atoms with Crippen LogP contribution in [0.4, 0.5) is 0 Å². The molecule has 0 aliphatic carbocycles. The number of ether oxygens (including phenoxy) is 1. The molecule has 7 heteroatoms. The molecule has 2 aromatic rings. The molecule has 2 aliphatic heterocycles. The molecule has 2 aliphatic rings. The second-order valence-corrected chi connectivity index (χ2v) is 8.19. The summed E-state index contributed by atoms with van der Waals surface area (Å²) >= 11 is 0. The summed E-state index contributed by atoms with van der Waals surface area (Å²) in [4.78, 5) is 17.6. The third-order valence-corrected chi connectivity index (χ3v) is 6.29. The SMILES string of the molecule is CCCc1cc(C(=O)N2C[C@@H]3CN(C)[C@H](c4ccc(OC)cc4)[C@@H]3C2)n(C)n1.Cl. The first-order chi connectivity index (χ1) is 13.5. The Balaban J connectivity index is 0.00000240. The van der Waals surface area contributed by atoms with Crippen molar-refractivity contribution in [2.24, 2.45) is 18.9 Å². The van der Waals surface area contributed by atoms with Crippen molar-refractivity contribution in [1.82, 2.24) is 19.6 Å². The van der Waals surface area contributed by atoms with Gasteiger partial charge in [0.25, 0.3) is 5.91 Å². The summed E-state index contributed by atoms with van der Waals surface area (Å²) in [5.41, 5.74) is 3.01. The number of aryl methyl sites for hydroxylation is 2. The standard InChI is InChI=1S/C22H30N4O2.ClH/c1-5-6-17-11-20(25(3)23-17)22(27)26-13-16-12-24(2)21(19(16)14-26)15-7-9-18(28-4)10-8-15;/h7-11,16,19,21H,5-6,12-14H2,1-4H3;1H/t16-,19+,21+;/m0./s1. The minimum absolute atomic E-state index is 0. The molecule has 6 nitrogen and oxygen atoms in total. The molecule has 4 rings (SSSR count). The van der Waals surface area contributed by atoms with Gasteiger partial charge in [-0.2, -0.15) is 5.10 Å². The lowest BCUT2D eigenvalue weighted by atomic mass is 9.89. The molecule has 3 heterocycles. The first-order valence-corrected chi connectivity index (χ1v) is 10.2. The van der Waals surface area contributed by atoms with Crippen molar-refractivity contribution in [1.29, 1.82) is 0 Å². The number of hydrogen-bond acceptors (Lipinski definition) is 4. The number of fused-ring (bicyclic) bond motifs is 1. The largest absolute Gasteiger partial charge is 0.497 e. The Labute approximate surface area is 179 Å². The molecule has 0 spiro atoms. The maximum Gasteiger partial charge on any atom is 0.272 e. The van der Waals surface area contributed by atoms with E-state index in [4.69, 9.17) is 4.74 Å². The highest BCUT2D eigenvalue weighted by atomic mass is 35.5. The molecule has 0 N–H and O–H groups in total. The number of benzene rings is 1. The summed E-state index contributed by atoms with van der Waals surface area (Å²) in [6.07, 6.45) is 1.95. The van der Waals surface area contributed by atoms with E-state index in [0.29, 0.717) is 23.6 Å². The number of hydrogen-bond donors (Lipinski definition) is 0. The van der Waals surface area contributed by atoms with Crippen LogP contribution in [0, 0.1) is 11.8 Å². The van der Waals surface area contributed by atoms with Crippen LogP contribution in [0.1, 0.15) is 41.1 Å². The van der Waals surface area contributed by atoms with Crippen LogP contribution in [0.2, 0.25) is 0 Å². The molecule has 1 amide bonds. The van der Waals surface area contributed by atoms with E-state index >= 15 is 0 Å². The van der Waals surface area contributed by atoms with Crippen LogP contribution < -0.4 is 4.74 Å². The van der Waals surface area contributed by atoms with Gasteiger partial charge in [0.2, 0.25) is 0 Å². The number of carbonyl (C=O) groups excluding carboxylic acids is 1. The maximum absolute atomic E-state index is 13.2. The van der Waals surface area contributed by atoms with Crippen molar-refractivity contribution >= 4 is 18.3 Å². The highest BCUT2D eigenvalue weighted by Gasteiger charge is 2.47. The fourth-order valence-corrected chi connectivity index (χ4v) is 4.99. The normalized spacial score (nSPS) is 23.7. The quantitative estimate of drug-likeness (QED) is 0.748. The van der Waals surface area contributed by atoms with Crippen LogP contribution in [-0.4, -0.2) is 59.3 Å². The van der Waals surface area contributed by atoms with E-state index in [1.807, 2.05) is 30.1 Å². The van der Waals surface area contributed by atoms with Crippen LogP contribution >= 0.6 is 12.4 Å². The number of aromatic nitrogens is 2. The first kappa shape index (κ1) is 21.7. The minimum atomic E-state index is 0. The van der Waals surface area contributed by atoms with Gasteiger partial charge in [0.1, 0.15) is 11.4 Å². The predicted octanol–water partition coefficient (Wildman–Crippen LogP) is 3.18. The van der Waals surface area contributed by atoms with Crippen molar-refractivity contribution < 1.29 is 9.53 Å². The number of halogens is 1. The van der Waals surface area contributed by atoms with Gasteiger partial charge in [0.05, 0.1) is 12.8 Å². The predicted molar refractivity (Wildman–Crippen MR) is 116 cm³/mol. The van der Waals surface area contributed by atoms with Gasteiger partial charge in [0, 0.05) is 38.6 Å². The van der Waals surface area contributed by atoms with Crippen molar-refractivity contribution in [2.45, 2.75) is 25.8 Å². The summed E-state index contributed by atoms with van der Waals surface area (Å²) in [5.74, 6) is 1.97. The molecular weight excluding hydrogens is 388 g/mol. The van der Waals surface area contributed by atoms with E-state index in [9.17, 15) is 4.79 Å². The van der Waals surface area contributed by atoms with E-state index in [0.717, 1.165) is 43.9 Å². The molecule has 0 radical (unpaired) electrons. The summed E-state index contributed by atoms with van der Waals surface area (Å²) < 4.78 is 7.04. The molecule has 2 fully saturated rings. The Morgan fingerprint density at radius 2 is 1.90 bits per heavy atom. The Morgan fingerprint density at radius 1 is 1.17 bits per heavy atom. The molecule has 2 saturated heterocycles. The number of rotatable bonds is 5. The minimum Gasteiger partial charge on any atom is -0.497 e. The lowest BCUT2D eigenvalue weighted by Gasteiger charge is -2.27. The Hall–Kier alpha value is -2.05. The van der Waals surface area contributed by atoms with Gasteiger partial charge in [-0.1, -0.05) is 25.5 Å². The van der Waals surface area contributed by atoms with Crippen LogP contribution in [-0.2, 0) is 13.5 Å². The topological polar surface area (TPSA) is 50.6 Å². The Morgan fingerprint density at radius 3 is 2.55 bits per heavy atom. The van der Waals surface area contributed by atoms with E-state index in [1.54, 1.807) is 11.8 Å². The van der Waals surface area contributed by atoms with Gasteiger partial charge < -0.3 is 9.64 Å². The third-order valence-electron chi connectivity index (χ3n) is 6.29. The molecule has 29 heavy (non-hydrogen) atoms. The molecule has 1 aromatic heterocycles. The summed E-state index contributed by atoms with van der Waals surface area (Å²) in [5, 5.41) is 4.51. The number of amides is 1. The molecule has 158 valence electrons. The number of methoxy groups -OCH3 is 1. The zero-order valence-electron chi connectivity index (χ0n) is 17.7. The van der Waals surface area contributed by atoms with Crippen molar-refractivity contribution in [2.75, 3.05) is 33.8 Å². The highest BCUT2D eigenvalue weighted by molar-refractivity contribution is 5.93. The Bertz CT molecular complexity index is 851. The number of likely N-dealkylation sites (tertiary alicyclic amines) is 2. The Kier molecular flexibility index (Phi) is 6.54. The first-order valence-electron chi connectivity index (χ1n) is 10.2. The van der Waals surface area contributed by atoms with E-state index in [-0.39, 0.29) is 18.3 Å². The maximum atomic E-state index is 13.2. The molecule has 0 saturated carbocycles. The van der Waals surface area contributed by atoms with Crippen LogP contribution in [0.3, 0.4) is 0 Å². The monoisotopic (exact) mass is 418 g/mol. The highest BCUT2D eigenvalue weighted by Crippen LogP contribution is 2.44. The fraction of sp³-hybridized carbons (Fsp3) is 0.545. The average Bonchev–Trinajstić information content (AvgIpc) is 3.34. The lowest BCUT2D eigenvalue weighted by molar-refractivity contribution is 0.0757. The summed E-state index contributed by atoms with van der Waals surface area (Å²) in [6, 6.07) is 10.7. The zero-order valence-corrected chi connectivity index (χ0v) is 18.5. The molecule has 0 unspecified atom stereocenters. The smallest absolute Gasteiger partial charge is 0.272 e. The molecule has 1 aromatic carbocycles. The zero-order chi connectivity index (χ0) is 19.8. The van der Waals surface area contributed by atoms with Crippen LogP contribution in [0.25, 0.3) is 0 Å². The second kappa shape index (κ2) is 8.76. The van der Waals surface area contributed by atoms with Crippen molar-refractivity contribution in [3.05, 3.63) is 47.3 Å². The third kappa shape index (κ3) is 4.01. The van der Waals surface area contributed by atoms with Gasteiger partial charge in [0.15, 0.2) is 0 Å².